The molecule has 84 valence electrons. The molecule has 0 atom stereocenters. The summed E-state index contributed by atoms with van der Waals surface area (Å²) in [5, 5.41) is 4.26. The molecule has 0 aromatic carbocycles. The Morgan fingerprint density at radius 2 is 2.31 bits per heavy atom. The van der Waals surface area contributed by atoms with Gasteiger partial charge in [-0.3, -0.25) is 4.98 Å². The van der Waals surface area contributed by atoms with Crippen molar-refractivity contribution in [3.8, 4) is 11.6 Å². The topological polar surface area (TPSA) is 39.9 Å². The highest BCUT2D eigenvalue weighted by molar-refractivity contribution is 6.17. The van der Waals surface area contributed by atoms with Gasteiger partial charge in [0, 0.05) is 13.2 Å². The van der Waals surface area contributed by atoms with Crippen LogP contribution in [0.3, 0.4) is 0 Å². The number of hydrogen-bond donors (Lipinski definition) is 0. The highest BCUT2D eigenvalue weighted by atomic mass is 35.5. The molecule has 2 rings (SSSR count). The first-order valence-electron chi connectivity index (χ1n) is 4.88. The van der Waals surface area contributed by atoms with Gasteiger partial charge in [0.05, 0.1) is 23.3 Å². The average Bonchev–Trinajstić information content (AvgIpc) is 2.55. The van der Waals surface area contributed by atoms with Crippen LogP contribution >= 0.6 is 11.6 Å². The molecule has 0 saturated carbocycles. The fourth-order valence-electron chi connectivity index (χ4n) is 1.48. The van der Waals surface area contributed by atoms with Crippen molar-refractivity contribution >= 4 is 11.6 Å². The minimum Gasteiger partial charge on any atom is -0.437 e. The van der Waals surface area contributed by atoms with Crippen LogP contribution in [-0.4, -0.2) is 14.8 Å². The molecule has 2 aromatic heterocycles. The number of pyridine rings is 1. The first kappa shape index (κ1) is 11.0. The smallest absolute Gasteiger partial charge is 0.222 e. The van der Waals surface area contributed by atoms with Crippen LogP contribution in [0.5, 0.6) is 11.6 Å². The minimum absolute atomic E-state index is 0.384. The van der Waals surface area contributed by atoms with E-state index in [9.17, 15) is 0 Å². The average molecular weight is 238 g/mol. The standard InChI is InChI=1S/C11H12ClN3O/c1-8-10(6-12)11(15(2)14-8)16-9-4-3-5-13-7-9/h3-5,7H,6H2,1-2H3. The van der Waals surface area contributed by atoms with Crippen molar-refractivity contribution in [1.82, 2.24) is 14.8 Å². The molecule has 0 aliphatic carbocycles. The Labute approximate surface area is 98.8 Å². The molecule has 4 nitrogen and oxygen atoms in total. The number of halogens is 1. The van der Waals surface area contributed by atoms with E-state index in [1.54, 1.807) is 17.1 Å². The zero-order valence-corrected chi connectivity index (χ0v) is 9.90. The molecule has 16 heavy (non-hydrogen) atoms. The molecule has 0 spiro atoms. The minimum atomic E-state index is 0.384. The molecule has 0 amide bonds. The Morgan fingerprint density at radius 1 is 1.50 bits per heavy atom. The highest BCUT2D eigenvalue weighted by Gasteiger charge is 2.14. The quantitative estimate of drug-likeness (QED) is 0.771. The Kier molecular flexibility index (Phi) is 3.10. The fraction of sp³-hybridized carbons (Fsp3) is 0.273. The van der Waals surface area contributed by atoms with Gasteiger partial charge >= 0.3 is 0 Å². The molecule has 0 fully saturated rings. The summed E-state index contributed by atoms with van der Waals surface area (Å²) in [6.45, 7) is 1.91. The van der Waals surface area contributed by atoms with E-state index in [-0.39, 0.29) is 0 Å². The lowest BCUT2D eigenvalue weighted by Gasteiger charge is -2.06. The van der Waals surface area contributed by atoms with Crippen LogP contribution in [0, 0.1) is 6.92 Å². The maximum atomic E-state index is 5.87. The third-order valence-electron chi connectivity index (χ3n) is 2.27. The van der Waals surface area contributed by atoms with E-state index in [1.807, 2.05) is 26.1 Å². The SMILES string of the molecule is Cc1nn(C)c(Oc2cccnc2)c1CCl. The third kappa shape index (κ3) is 2.02. The lowest BCUT2D eigenvalue weighted by molar-refractivity contribution is 0.425. The Balaban J connectivity index is 2.34. The third-order valence-corrected chi connectivity index (χ3v) is 2.54. The Hall–Kier alpha value is -1.55. The summed E-state index contributed by atoms with van der Waals surface area (Å²) in [5.74, 6) is 1.73. The summed E-state index contributed by atoms with van der Waals surface area (Å²) < 4.78 is 7.39. The number of aryl methyl sites for hydroxylation is 2. The van der Waals surface area contributed by atoms with E-state index in [0.29, 0.717) is 17.5 Å². The maximum Gasteiger partial charge on any atom is 0.222 e. The second-order valence-corrected chi connectivity index (χ2v) is 3.68. The van der Waals surface area contributed by atoms with Crippen LogP contribution in [0.4, 0.5) is 0 Å². The Morgan fingerprint density at radius 3 is 2.94 bits per heavy atom. The molecule has 0 N–H and O–H groups in total. The number of hydrogen-bond acceptors (Lipinski definition) is 3. The number of aromatic nitrogens is 3. The summed E-state index contributed by atoms with van der Waals surface area (Å²) >= 11 is 5.87. The van der Waals surface area contributed by atoms with Crippen molar-refractivity contribution in [2.45, 2.75) is 12.8 Å². The van der Waals surface area contributed by atoms with Crippen LogP contribution in [-0.2, 0) is 12.9 Å². The molecule has 2 heterocycles. The summed E-state index contributed by atoms with van der Waals surface area (Å²) in [6, 6.07) is 3.66. The van der Waals surface area contributed by atoms with E-state index in [0.717, 1.165) is 11.3 Å². The predicted molar refractivity (Wildman–Crippen MR) is 61.8 cm³/mol. The number of nitrogens with zero attached hydrogens (tertiary/aromatic N) is 3. The number of rotatable bonds is 3. The molecule has 0 saturated heterocycles. The second kappa shape index (κ2) is 4.53. The molecule has 5 heteroatoms. The Bertz CT molecular complexity index is 481. The van der Waals surface area contributed by atoms with Gasteiger partial charge in [-0.05, 0) is 19.1 Å². The van der Waals surface area contributed by atoms with Crippen LogP contribution in [0.25, 0.3) is 0 Å². The molecular formula is C11H12ClN3O. The van der Waals surface area contributed by atoms with Crippen molar-refractivity contribution in [2.75, 3.05) is 0 Å². The lowest BCUT2D eigenvalue weighted by Crippen LogP contribution is -1.96. The number of alkyl halides is 1. The van der Waals surface area contributed by atoms with E-state index in [4.69, 9.17) is 16.3 Å². The van der Waals surface area contributed by atoms with Gasteiger partial charge in [0.25, 0.3) is 0 Å². The van der Waals surface area contributed by atoms with Gasteiger partial charge < -0.3 is 4.74 Å². The van der Waals surface area contributed by atoms with Gasteiger partial charge in [-0.15, -0.1) is 11.6 Å². The molecule has 0 aliphatic heterocycles. The maximum absolute atomic E-state index is 5.87. The van der Waals surface area contributed by atoms with Crippen molar-refractivity contribution < 1.29 is 4.74 Å². The second-order valence-electron chi connectivity index (χ2n) is 3.42. The molecule has 0 bridgehead atoms. The summed E-state index contributed by atoms with van der Waals surface area (Å²) in [6.07, 6.45) is 3.35. The van der Waals surface area contributed by atoms with E-state index >= 15 is 0 Å². The zero-order chi connectivity index (χ0) is 11.5. The van der Waals surface area contributed by atoms with Gasteiger partial charge in [-0.2, -0.15) is 5.10 Å². The van der Waals surface area contributed by atoms with E-state index in [2.05, 4.69) is 10.1 Å². The van der Waals surface area contributed by atoms with Gasteiger partial charge in [-0.1, -0.05) is 0 Å². The molecule has 0 aliphatic rings. The van der Waals surface area contributed by atoms with Crippen LogP contribution in [0.15, 0.2) is 24.5 Å². The van der Waals surface area contributed by atoms with Crippen LogP contribution in [0.2, 0.25) is 0 Å². The first-order valence-corrected chi connectivity index (χ1v) is 5.42. The fourth-order valence-corrected chi connectivity index (χ4v) is 1.79. The summed E-state index contributed by atoms with van der Waals surface area (Å²) in [4.78, 5) is 3.99. The van der Waals surface area contributed by atoms with Crippen LogP contribution in [0.1, 0.15) is 11.3 Å². The van der Waals surface area contributed by atoms with Crippen molar-refractivity contribution in [3.05, 3.63) is 35.8 Å². The van der Waals surface area contributed by atoms with E-state index < -0.39 is 0 Å². The monoisotopic (exact) mass is 237 g/mol. The van der Waals surface area contributed by atoms with Crippen molar-refractivity contribution in [2.24, 2.45) is 7.05 Å². The zero-order valence-electron chi connectivity index (χ0n) is 9.14. The molecular weight excluding hydrogens is 226 g/mol. The van der Waals surface area contributed by atoms with Gasteiger partial charge in [0.15, 0.2) is 0 Å². The summed E-state index contributed by atoms with van der Waals surface area (Å²) in [7, 11) is 1.83. The molecule has 0 radical (unpaired) electrons. The largest absolute Gasteiger partial charge is 0.437 e. The van der Waals surface area contributed by atoms with Gasteiger partial charge in [0.1, 0.15) is 5.75 Å². The lowest BCUT2D eigenvalue weighted by atomic mass is 10.3. The normalized spacial score (nSPS) is 10.4. The van der Waals surface area contributed by atoms with Gasteiger partial charge in [0.2, 0.25) is 5.88 Å². The molecule has 2 aromatic rings. The van der Waals surface area contributed by atoms with Crippen molar-refractivity contribution in [3.63, 3.8) is 0 Å². The van der Waals surface area contributed by atoms with Crippen LogP contribution < -0.4 is 4.74 Å². The number of ether oxygens (including phenoxy) is 1. The predicted octanol–water partition coefficient (Wildman–Crippen LogP) is 2.65. The first-order chi connectivity index (χ1) is 7.72. The molecule has 0 unspecified atom stereocenters. The summed E-state index contributed by atoms with van der Waals surface area (Å²) in [5.41, 5.74) is 1.80. The van der Waals surface area contributed by atoms with Gasteiger partial charge in [-0.25, -0.2) is 4.68 Å². The van der Waals surface area contributed by atoms with Crippen molar-refractivity contribution in [1.29, 1.82) is 0 Å². The highest BCUT2D eigenvalue weighted by Crippen LogP contribution is 2.27. The van der Waals surface area contributed by atoms with E-state index in [1.165, 1.54) is 0 Å².